The highest BCUT2D eigenvalue weighted by Gasteiger charge is 2.38. The number of urea groups is 1. The van der Waals surface area contributed by atoms with Crippen molar-refractivity contribution in [3.8, 4) is 0 Å². The van der Waals surface area contributed by atoms with Crippen LogP contribution in [0.4, 0.5) is 23.7 Å². The highest BCUT2D eigenvalue weighted by atomic mass is 79.9. The highest BCUT2D eigenvalue weighted by molar-refractivity contribution is 9.10. The number of aromatic nitrogens is 2. The lowest BCUT2D eigenvalue weighted by Crippen LogP contribution is -2.32. The SMILES string of the molecule is NCCNC(=O)Nc1ccc2nccnc2c1Br.O=C(O)C(F)(F)F. The molecule has 5 N–H and O–H groups in total. The van der Waals surface area contributed by atoms with Crippen LogP contribution in [-0.2, 0) is 4.79 Å². The molecule has 2 rings (SSSR count). The normalized spacial score (nSPS) is 10.6. The fourth-order valence-corrected chi connectivity index (χ4v) is 1.99. The number of nitrogens with one attached hydrogen (secondary N) is 2. The Morgan fingerprint density at radius 3 is 2.40 bits per heavy atom. The molecule has 2 aromatic rings. The van der Waals surface area contributed by atoms with Gasteiger partial charge in [-0.3, -0.25) is 9.97 Å². The average molecular weight is 424 g/mol. The highest BCUT2D eigenvalue weighted by Crippen LogP contribution is 2.28. The Kier molecular flexibility index (Phi) is 7.51. The van der Waals surface area contributed by atoms with Gasteiger partial charge in [-0.15, -0.1) is 0 Å². The monoisotopic (exact) mass is 423 g/mol. The molecule has 0 saturated carbocycles. The molecule has 2 amide bonds. The van der Waals surface area contributed by atoms with Crippen LogP contribution in [0.1, 0.15) is 0 Å². The summed E-state index contributed by atoms with van der Waals surface area (Å²) in [6.45, 7) is 0.828. The Hall–Kier alpha value is -2.47. The molecular weight excluding hydrogens is 411 g/mol. The van der Waals surface area contributed by atoms with Gasteiger partial charge in [-0.2, -0.15) is 13.2 Å². The summed E-state index contributed by atoms with van der Waals surface area (Å²) in [6, 6.07) is 3.26. The van der Waals surface area contributed by atoms with Gasteiger partial charge in [-0.1, -0.05) is 0 Å². The van der Waals surface area contributed by atoms with Gasteiger partial charge in [-0.05, 0) is 28.1 Å². The Morgan fingerprint density at radius 2 is 1.84 bits per heavy atom. The zero-order valence-corrected chi connectivity index (χ0v) is 14.1. The lowest BCUT2D eigenvalue weighted by Gasteiger charge is -2.09. The first-order valence-corrected chi connectivity index (χ1v) is 7.40. The molecule has 0 atom stereocenters. The van der Waals surface area contributed by atoms with E-state index in [2.05, 4.69) is 36.5 Å². The minimum Gasteiger partial charge on any atom is -0.475 e. The minimum absolute atomic E-state index is 0.301. The second-order valence-electron chi connectivity index (χ2n) is 4.32. The van der Waals surface area contributed by atoms with Crippen LogP contribution >= 0.6 is 15.9 Å². The number of carbonyl (C=O) groups excluding carboxylic acids is 1. The van der Waals surface area contributed by atoms with Crippen LogP contribution in [0.3, 0.4) is 0 Å². The molecule has 0 radical (unpaired) electrons. The number of carboxylic acids is 1. The molecule has 1 aromatic carbocycles. The molecule has 8 nitrogen and oxygen atoms in total. The summed E-state index contributed by atoms with van der Waals surface area (Å²) < 4.78 is 32.4. The molecular formula is C13H13BrF3N5O3. The lowest BCUT2D eigenvalue weighted by atomic mass is 10.2. The van der Waals surface area contributed by atoms with Crippen LogP contribution in [0.2, 0.25) is 0 Å². The molecule has 25 heavy (non-hydrogen) atoms. The van der Waals surface area contributed by atoms with E-state index in [4.69, 9.17) is 15.6 Å². The molecule has 1 heterocycles. The minimum atomic E-state index is -5.08. The predicted octanol–water partition coefficient (Wildman–Crippen LogP) is 2.11. The van der Waals surface area contributed by atoms with Crippen molar-refractivity contribution in [1.29, 1.82) is 0 Å². The van der Waals surface area contributed by atoms with Crippen molar-refractivity contribution in [2.45, 2.75) is 6.18 Å². The maximum atomic E-state index is 11.5. The largest absolute Gasteiger partial charge is 0.490 e. The molecule has 0 unspecified atom stereocenters. The van der Waals surface area contributed by atoms with Gasteiger partial charge in [0.25, 0.3) is 0 Å². The van der Waals surface area contributed by atoms with Gasteiger partial charge in [0, 0.05) is 25.5 Å². The van der Waals surface area contributed by atoms with E-state index in [1.165, 1.54) is 0 Å². The molecule has 0 aliphatic rings. The number of fused-ring (bicyclic) bond motifs is 1. The fourth-order valence-electron chi connectivity index (χ4n) is 1.45. The number of anilines is 1. The number of carbonyl (C=O) groups is 2. The predicted molar refractivity (Wildman–Crippen MR) is 87.0 cm³/mol. The number of carboxylic acid groups (broad SMARTS) is 1. The van der Waals surface area contributed by atoms with Gasteiger partial charge >= 0.3 is 18.2 Å². The van der Waals surface area contributed by atoms with Crippen LogP contribution in [0.25, 0.3) is 11.0 Å². The van der Waals surface area contributed by atoms with E-state index in [-0.39, 0.29) is 6.03 Å². The molecule has 1 aromatic heterocycles. The summed E-state index contributed by atoms with van der Waals surface area (Å²) >= 11 is 3.41. The van der Waals surface area contributed by atoms with Crippen molar-refractivity contribution in [1.82, 2.24) is 15.3 Å². The number of nitrogens with zero attached hydrogens (tertiary/aromatic N) is 2. The van der Waals surface area contributed by atoms with Crippen LogP contribution in [0, 0.1) is 0 Å². The number of alkyl halides is 3. The summed E-state index contributed by atoms with van der Waals surface area (Å²) in [5, 5.41) is 12.5. The third-order valence-electron chi connectivity index (χ3n) is 2.50. The third-order valence-corrected chi connectivity index (χ3v) is 3.30. The quantitative estimate of drug-likeness (QED) is 0.597. The summed E-state index contributed by atoms with van der Waals surface area (Å²) in [6.07, 6.45) is -1.86. The maximum absolute atomic E-state index is 11.5. The molecule has 0 fully saturated rings. The number of hydrogen-bond acceptors (Lipinski definition) is 5. The van der Waals surface area contributed by atoms with E-state index in [1.807, 2.05) is 0 Å². The van der Waals surface area contributed by atoms with E-state index in [1.54, 1.807) is 24.5 Å². The second-order valence-corrected chi connectivity index (χ2v) is 5.12. The number of rotatable bonds is 3. The topological polar surface area (TPSA) is 130 Å². The Labute approximate surface area is 147 Å². The van der Waals surface area contributed by atoms with Crippen LogP contribution in [0.15, 0.2) is 29.0 Å². The van der Waals surface area contributed by atoms with E-state index in [9.17, 15) is 18.0 Å². The van der Waals surface area contributed by atoms with Crippen LogP contribution in [-0.4, -0.2) is 46.3 Å². The Bertz CT molecular complexity index is 757. The summed E-state index contributed by atoms with van der Waals surface area (Å²) in [5.74, 6) is -2.76. The molecule has 0 aliphatic carbocycles. The average Bonchev–Trinajstić information content (AvgIpc) is 2.55. The lowest BCUT2D eigenvalue weighted by molar-refractivity contribution is -0.192. The van der Waals surface area contributed by atoms with E-state index in [0.717, 1.165) is 5.52 Å². The summed E-state index contributed by atoms with van der Waals surface area (Å²) in [7, 11) is 0. The van der Waals surface area contributed by atoms with Crippen molar-refractivity contribution in [3.05, 3.63) is 29.0 Å². The van der Waals surface area contributed by atoms with Gasteiger partial charge < -0.3 is 21.5 Å². The van der Waals surface area contributed by atoms with Crippen molar-refractivity contribution in [2.75, 3.05) is 18.4 Å². The summed E-state index contributed by atoms with van der Waals surface area (Å²) in [5.41, 5.74) is 7.41. The smallest absolute Gasteiger partial charge is 0.475 e. The first kappa shape index (κ1) is 20.6. The van der Waals surface area contributed by atoms with E-state index in [0.29, 0.717) is 28.8 Å². The van der Waals surface area contributed by atoms with Crippen molar-refractivity contribution in [2.24, 2.45) is 5.73 Å². The zero-order chi connectivity index (χ0) is 19.0. The summed E-state index contributed by atoms with van der Waals surface area (Å²) in [4.78, 5) is 28.8. The van der Waals surface area contributed by atoms with Crippen molar-refractivity contribution in [3.63, 3.8) is 0 Å². The Balaban J connectivity index is 0.000000381. The maximum Gasteiger partial charge on any atom is 0.490 e. The first-order valence-electron chi connectivity index (χ1n) is 6.61. The molecule has 0 spiro atoms. The van der Waals surface area contributed by atoms with Gasteiger partial charge in [0.2, 0.25) is 0 Å². The standard InChI is InChI=1S/C11H12BrN5O.C2HF3O2/c12-9-7(17-11(18)16-4-3-13)1-2-8-10(9)15-6-5-14-8;3-2(4,5)1(6)7/h1-2,5-6H,3-4,13H2,(H2,16,17,18);(H,6,7). The third kappa shape index (κ3) is 6.51. The molecule has 0 bridgehead atoms. The fraction of sp³-hybridized carbons (Fsp3) is 0.231. The van der Waals surface area contributed by atoms with Crippen molar-refractivity contribution >= 4 is 44.7 Å². The van der Waals surface area contributed by atoms with Crippen molar-refractivity contribution < 1.29 is 27.9 Å². The molecule has 0 aliphatic heterocycles. The van der Waals surface area contributed by atoms with E-state index < -0.39 is 12.1 Å². The first-order chi connectivity index (χ1) is 11.7. The number of amides is 2. The molecule has 0 saturated heterocycles. The number of benzene rings is 1. The number of hydrogen-bond donors (Lipinski definition) is 4. The second kappa shape index (κ2) is 9.13. The van der Waals surface area contributed by atoms with Gasteiger partial charge in [-0.25, -0.2) is 9.59 Å². The van der Waals surface area contributed by atoms with E-state index >= 15 is 0 Å². The zero-order valence-electron chi connectivity index (χ0n) is 12.5. The number of halogens is 4. The number of nitrogens with two attached hydrogens (primary N) is 1. The number of aliphatic carboxylic acids is 1. The molecule has 136 valence electrons. The van der Waals surface area contributed by atoms with Gasteiger partial charge in [0.1, 0.15) is 5.52 Å². The Morgan fingerprint density at radius 1 is 1.24 bits per heavy atom. The van der Waals surface area contributed by atoms with Crippen LogP contribution in [0.5, 0.6) is 0 Å². The molecule has 12 heteroatoms. The van der Waals surface area contributed by atoms with Gasteiger partial charge in [0.15, 0.2) is 0 Å². The van der Waals surface area contributed by atoms with Gasteiger partial charge in [0.05, 0.1) is 15.7 Å². The van der Waals surface area contributed by atoms with Crippen LogP contribution < -0.4 is 16.4 Å².